The summed E-state index contributed by atoms with van der Waals surface area (Å²) < 4.78 is 0. The van der Waals surface area contributed by atoms with E-state index in [2.05, 4.69) is 9.97 Å². The van der Waals surface area contributed by atoms with E-state index < -0.39 is 0 Å². The zero-order chi connectivity index (χ0) is 4.24. The second-order valence-electron chi connectivity index (χ2n) is 0.904. The van der Waals surface area contributed by atoms with E-state index in [0.717, 1.165) is 0 Å². The Kier molecular flexibility index (Phi) is 9.61. The summed E-state index contributed by atoms with van der Waals surface area (Å²) in [5, 5.41) is 0. The van der Waals surface area contributed by atoms with Crippen molar-refractivity contribution in [2.24, 2.45) is 0 Å². The summed E-state index contributed by atoms with van der Waals surface area (Å²) in [4.78, 5) is 7.35. The minimum Gasteiger partial charge on any atom is -1.00 e. The molecule has 0 saturated carbocycles. The van der Waals surface area contributed by atoms with Gasteiger partial charge in [-0.25, -0.2) is 9.97 Å². The van der Waals surface area contributed by atoms with E-state index >= 15 is 0 Å². The molecule has 0 fully saturated rings. The molecule has 0 unspecified atom stereocenters. The molecule has 1 aromatic rings. The van der Waals surface area contributed by atoms with Crippen molar-refractivity contribution in [2.45, 2.75) is 0 Å². The average molecular weight is 122 g/mol. The Hall–Kier alpha value is 0.0400. The Morgan fingerprint density at radius 2 is 1.62 bits per heavy atom. The second kappa shape index (κ2) is 7.04. The van der Waals surface area contributed by atoms with Crippen LogP contribution >= 0.6 is 0 Å². The van der Waals surface area contributed by atoms with E-state index in [0.29, 0.717) is 0 Å². The fourth-order valence-electron chi connectivity index (χ4n) is 0.253. The molecule has 0 bridgehead atoms. The molecule has 1 aromatic heterocycles. The van der Waals surface area contributed by atoms with Gasteiger partial charge in [0.2, 0.25) is 0 Å². The van der Waals surface area contributed by atoms with Crippen molar-refractivity contribution in [1.29, 1.82) is 0 Å². The molecule has 4 heteroatoms. The van der Waals surface area contributed by atoms with Crippen LogP contribution in [0, 0.1) is 0 Å². The van der Waals surface area contributed by atoms with Gasteiger partial charge < -0.3 is 6.90 Å². The van der Waals surface area contributed by atoms with Crippen LogP contribution in [0.3, 0.4) is 0 Å². The van der Waals surface area contributed by atoms with Crippen LogP contribution in [0.2, 0.25) is 0 Å². The number of nitrogens with zero attached hydrogens (tertiary/aromatic N) is 2. The average Bonchev–Trinajstić information content (AvgIpc) is 1.72. The van der Waals surface area contributed by atoms with Crippen molar-refractivity contribution in [3.8, 4) is 0 Å². The van der Waals surface area contributed by atoms with E-state index in [4.69, 9.17) is 0 Å². The summed E-state index contributed by atoms with van der Waals surface area (Å²) in [6, 6.07) is 1.78. The molecule has 0 aliphatic rings. The SMILES string of the molecule is O.[H-].[Na+].c1cncnc1. The van der Waals surface area contributed by atoms with Crippen molar-refractivity contribution >= 4 is 0 Å². The topological polar surface area (TPSA) is 57.3 Å². The minimum atomic E-state index is 0. The smallest absolute Gasteiger partial charge is 1.00 e. The first kappa shape index (κ1) is 10.9. The first-order valence-electron chi connectivity index (χ1n) is 1.70. The molecule has 2 N–H and O–H groups in total. The third-order valence-electron chi connectivity index (χ3n) is 0.478. The predicted molar refractivity (Wildman–Crippen MR) is 26.8 cm³/mol. The standard InChI is InChI=1S/C4H4N2.Na.H2O.H/c1-2-5-4-6-3-1;;;/h1-4H;;1H2;/q;+1;;-1. The van der Waals surface area contributed by atoms with Gasteiger partial charge >= 0.3 is 29.6 Å². The van der Waals surface area contributed by atoms with E-state index in [1.165, 1.54) is 6.33 Å². The molecular weight excluding hydrogens is 115 g/mol. The van der Waals surface area contributed by atoms with Gasteiger partial charge in [-0.2, -0.15) is 0 Å². The van der Waals surface area contributed by atoms with Gasteiger partial charge in [0.25, 0.3) is 0 Å². The number of aromatic nitrogens is 2. The fourth-order valence-corrected chi connectivity index (χ4v) is 0.253. The summed E-state index contributed by atoms with van der Waals surface area (Å²) in [7, 11) is 0. The van der Waals surface area contributed by atoms with Crippen LogP contribution in [0.25, 0.3) is 0 Å². The van der Waals surface area contributed by atoms with Crippen LogP contribution in [0.4, 0.5) is 0 Å². The Bertz CT molecular complexity index is 90.5. The molecule has 1 rings (SSSR count). The molecule has 8 heavy (non-hydrogen) atoms. The van der Waals surface area contributed by atoms with Crippen LogP contribution in [0.5, 0.6) is 0 Å². The molecule has 0 aliphatic carbocycles. The summed E-state index contributed by atoms with van der Waals surface area (Å²) in [6.45, 7) is 0. The quantitative estimate of drug-likeness (QED) is 0.340. The largest absolute Gasteiger partial charge is 1.00 e. The molecule has 1 heterocycles. The maximum absolute atomic E-state index is 3.67. The number of rotatable bonds is 0. The van der Waals surface area contributed by atoms with Gasteiger partial charge in [-0.05, 0) is 6.07 Å². The van der Waals surface area contributed by atoms with Gasteiger partial charge in [-0.15, -0.1) is 0 Å². The Labute approximate surface area is 71.2 Å². The first-order valence-corrected chi connectivity index (χ1v) is 1.70. The third-order valence-corrected chi connectivity index (χ3v) is 0.478. The van der Waals surface area contributed by atoms with Gasteiger partial charge in [0.15, 0.2) is 0 Å². The van der Waals surface area contributed by atoms with E-state index in [1.54, 1.807) is 18.5 Å². The zero-order valence-electron chi connectivity index (χ0n) is 5.70. The Morgan fingerprint density at radius 3 is 1.75 bits per heavy atom. The van der Waals surface area contributed by atoms with Gasteiger partial charge in [-0.3, -0.25) is 0 Å². The summed E-state index contributed by atoms with van der Waals surface area (Å²) in [5.41, 5.74) is 0. The Balaban J connectivity index is -0.000000120. The van der Waals surface area contributed by atoms with Crippen molar-refractivity contribution in [2.75, 3.05) is 0 Å². The van der Waals surface area contributed by atoms with Crippen LogP contribution in [0.1, 0.15) is 1.43 Å². The normalized spacial score (nSPS) is 6.00. The summed E-state index contributed by atoms with van der Waals surface area (Å²) in [6.07, 6.45) is 4.88. The van der Waals surface area contributed by atoms with Crippen LogP contribution < -0.4 is 29.6 Å². The first-order chi connectivity index (χ1) is 3.00. The predicted octanol–water partition coefficient (Wildman–Crippen LogP) is -3.23. The number of hydrogen-bond donors (Lipinski definition) is 0. The molecule has 0 aliphatic heterocycles. The monoisotopic (exact) mass is 122 g/mol. The van der Waals surface area contributed by atoms with E-state index in [9.17, 15) is 0 Å². The maximum atomic E-state index is 3.67. The Morgan fingerprint density at radius 1 is 1.12 bits per heavy atom. The van der Waals surface area contributed by atoms with E-state index in [1.807, 2.05) is 0 Å². The van der Waals surface area contributed by atoms with Crippen molar-refractivity contribution in [3.05, 3.63) is 24.8 Å². The van der Waals surface area contributed by atoms with Crippen molar-refractivity contribution in [1.82, 2.24) is 9.97 Å². The zero-order valence-corrected chi connectivity index (χ0v) is 6.70. The summed E-state index contributed by atoms with van der Waals surface area (Å²) >= 11 is 0. The van der Waals surface area contributed by atoms with E-state index in [-0.39, 0.29) is 36.5 Å². The molecule has 0 spiro atoms. The molecule has 0 amide bonds. The fraction of sp³-hybridized carbons (Fsp3) is 0. The van der Waals surface area contributed by atoms with Gasteiger partial charge in [0.1, 0.15) is 6.33 Å². The van der Waals surface area contributed by atoms with Crippen LogP contribution in [0.15, 0.2) is 24.8 Å². The summed E-state index contributed by atoms with van der Waals surface area (Å²) in [5.74, 6) is 0. The van der Waals surface area contributed by atoms with Crippen LogP contribution in [-0.4, -0.2) is 15.4 Å². The van der Waals surface area contributed by atoms with Crippen molar-refractivity contribution in [3.63, 3.8) is 0 Å². The number of hydrogen-bond acceptors (Lipinski definition) is 2. The molecule has 0 saturated heterocycles. The molecule has 3 nitrogen and oxygen atoms in total. The molecule has 40 valence electrons. The second-order valence-corrected chi connectivity index (χ2v) is 0.904. The molecule has 0 atom stereocenters. The maximum Gasteiger partial charge on any atom is 1.00 e. The van der Waals surface area contributed by atoms with Gasteiger partial charge in [0.05, 0.1) is 0 Å². The van der Waals surface area contributed by atoms with Gasteiger partial charge in [-0.1, -0.05) is 0 Å². The molecular formula is C4H7N2NaO. The molecule has 0 radical (unpaired) electrons. The molecule has 0 aromatic carbocycles. The third kappa shape index (κ3) is 4.21. The van der Waals surface area contributed by atoms with Gasteiger partial charge in [0, 0.05) is 12.4 Å². The van der Waals surface area contributed by atoms with Crippen LogP contribution in [-0.2, 0) is 0 Å². The minimum absolute atomic E-state index is 0. The van der Waals surface area contributed by atoms with Crippen molar-refractivity contribution < 1.29 is 36.5 Å².